The largest absolute Gasteiger partial charge is 0.278 e. The molecule has 0 unspecified atom stereocenters. The molecule has 0 bridgehead atoms. The first-order valence-electron chi connectivity index (χ1n) is 5.18. The maximum Gasteiger partial charge on any atom is 0.263 e. The fourth-order valence-corrected chi connectivity index (χ4v) is 3.18. The van der Waals surface area contributed by atoms with Crippen molar-refractivity contribution in [2.75, 3.05) is 4.72 Å². The second-order valence-corrected chi connectivity index (χ2v) is 6.31. The van der Waals surface area contributed by atoms with Crippen molar-refractivity contribution in [3.63, 3.8) is 0 Å². The second-order valence-electron chi connectivity index (χ2n) is 3.78. The number of pyridine rings is 1. The van der Waals surface area contributed by atoms with Gasteiger partial charge in [0.25, 0.3) is 10.0 Å². The third-order valence-electron chi connectivity index (χ3n) is 2.31. The molecule has 0 spiro atoms. The Labute approximate surface area is 114 Å². The molecular weight excluding hydrogens is 316 g/mol. The number of sulfonamides is 1. The highest BCUT2D eigenvalue weighted by Crippen LogP contribution is 2.25. The summed E-state index contributed by atoms with van der Waals surface area (Å²) in [4.78, 5) is 3.93. The Morgan fingerprint density at radius 1 is 1.28 bits per heavy atom. The highest BCUT2D eigenvalue weighted by molar-refractivity contribution is 9.10. The van der Waals surface area contributed by atoms with E-state index in [1.54, 1.807) is 12.1 Å². The van der Waals surface area contributed by atoms with Gasteiger partial charge in [0.2, 0.25) is 0 Å². The SMILES string of the molecule is Cc1ccc(NS(=O)(=O)c2cccnc2)c(Br)c1. The molecule has 0 saturated carbocycles. The molecule has 6 heteroatoms. The minimum absolute atomic E-state index is 0.137. The Hall–Kier alpha value is -1.40. The summed E-state index contributed by atoms with van der Waals surface area (Å²) >= 11 is 3.33. The van der Waals surface area contributed by atoms with E-state index in [4.69, 9.17) is 0 Å². The van der Waals surface area contributed by atoms with Crippen molar-refractivity contribution in [2.45, 2.75) is 11.8 Å². The summed E-state index contributed by atoms with van der Waals surface area (Å²) < 4.78 is 27.4. The van der Waals surface area contributed by atoms with Crippen molar-refractivity contribution < 1.29 is 8.42 Å². The van der Waals surface area contributed by atoms with Gasteiger partial charge < -0.3 is 0 Å². The number of halogens is 1. The summed E-state index contributed by atoms with van der Waals surface area (Å²) in [7, 11) is -3.59. The Kier molecular flexibility index (Phi) is 3.68. The van der Waals surface area contributed by atoms with E-state index < -0.39 is 10.0 Å². The molecular formula is C12H11BrN2O2S. The standard InChI is InChI=1S/C12H11BrN2O2S/c1-9-4-5-12(11(13)7-9)15-18(16,17)10-3-2-6-14-8-10/h2-8,15H,1H3. The molecule has 2 rings (SSSR count). The number of nitrogens with one attached hydrogen (secondary N) is 1. The van der Waals surface area contributed by atoms with E-state index in [0.717, 1.165) is 5.56 Å². The minimum Gasteiger partial charge on any atom is -0.278 e. The lowest BCUT2D eigenvalue weighted by atomic mass is 10.2. The number of hydrogen-bond donors (Lipinski definition) is 1. The first-order chi connectivity index (χ1) is 8.49. The lowest BCUT2D eigenvalue weighted by Gasteiger charge is -2.09. The maximum absolute atomic E-state index is 12.1. The minimum atomic E-state index is -3.59. The third-order valence-corrected chi connectivity index (χ3v) is 4.32. The van der Waals surface area contributed by atoms with Gasteiger partial charge in [-0.2, -0.15) is 0 Å². The first kappa shape index (κ1) is 13.0. The molecule has 0 radical (unpaired) electrons. The van der Waals surface area contributed by atoms with Crippen molar-refractivity contribution >= 4 is 31.6 Å². The molecule has 0 saturated heterocycles. The number of benzene rings is 1. The number of hydrogen-bond acceptors (Lipinski definition) is 3. The predicted octanol–water partition coefficient (Wildman–Crippen LogP) is 2.95. The molecule has 1 aromatic heterocycles. The van der Waals surface area contributed by atoms with Gasteiger partial charge >= 0.3 is 0 Å². The van der Waals surface area contributed by atoms with E-state index in [0.29, 0.717) is 10.2 Å². The molecule has 1 heterocycles. The Morgan fingerprint density at radius 3 is 2.67 bits per heavy atom. The van der Waals surface area contributed by atoms with E-state index in [1.165, 1.54) is 18.5 Å². The van der Waals surface area contributed by atoms with Crippen LogP contribution in [-0.4, -0.2) is 13.4 Å². The van der Waals surface area contributed by atoms with Crippen LogP contribution in [0.2, 0.25) is 0 Å². The third kappa shape index (κ3) is 2.88. The van der Waals surface area contributed by atoms with Crippen LogP contribution < -0.4 is 4.72 Å². The molecule has 94 valence electrons. The van der Waals surface area contributed by atoms with Crippen LogP contribution in [0.15, 0.2) is 52.1 Å². The van der Waals surface area contributed by atoms with Crippen LogP contribution in [0, 0.1) is 6.92 Å². The molecule has 1 N–H and O–H groups in total. The smallest absolute Gasteiger partial charge is 0.263 e. The van der Waals surface area contributed by atoms with Gasteiger partial charge in [0.15, 0.2) is 0 Å². The molecule has 18 heavy (non-hydrogen) atoms. The van der Waals surface area contributed by atoms with E-state index in [1.807, 2.05) is 19.1 Å². The topological polar surface area (TPSA) is 59.1 Å². The number of rotatable bonds is 3. The zero-order valence-electron chi connectivity index (χ0n) is 9.59. The Bertz CT molecular complexity index is 657. The van der Waals surface area contributed by atoms with Gasteiger partial charge in [-0.3, -0.25) is 9.71 Å². The van der Waals surface area contributed by atoms with Gasteiger partial charge in [0.05, 0.1) is 5.69 Å². The van der Waals surface area contributed by atoms with E-state index in [-0.39, 0.29) is 4.90 Å². The van der Waals surface area contributed by atoms with Crippen LogP contribution in [0.4, 0.5) is 5.69 Å². The molecule has 1 aromatic carbocycles. The normalized spacial score (nSPS) is 11.2. The van der Waals surface area contributed by atoms with E-state index in [2.05, 4.69) is 25.6 Å². The average molecular weight is 327 g/mol. The molecule has 0 amide bonds. The first-order valence-corrected chi connectivity index (χ1v) is 7.46. The summed E-state index contributed by atoms with van der Waals surface area (Å²) in [6.07, 6.45) is 2.84. The zero-order chi connectivity index (χ0) is 13.2. The predicted molar refractivity (Wildman–Crippen MR) is 73.9 cm³/mol. The van der Waals surface area contributed by atoms with Crippen LogP contribution in [0.5, 0.6) is 0 Å². The van der Waals surface area contributed by atoms with Crippen molar-refractivity contribution in [3.8, 4) is 0 Å². The number of aryl methyl sites for hydroxylation is 1. The van der Waals surface area contributed by atoms with Gasteiger partial charge in [0, 0.05) is 16.9 Å². The van der Waals surface area contributed by atoms with Gasteiger partial charge in [-0.05, 0) is 52.7 Å². The van der Waals surface area contributed by atoms with Crippen LogP contribution in [0.1, 0.15) is 5.56 Å². The lowest BCUT2D eigenvalue weighted by molar-refractivity contribution is 0.601. The summed E-state index contributed by atoms with van der Waals surface area (Å²) in [6.45, 7) is 1.93. The maximum atomic E-state index is 12.1. The highest BCUT2D eigenvalue weighted by Gasteiger charge is 2.15. The fourth-order valence-electron chi connectivity index (χ4n) is 1.41. The van der Waals surface area contributed by atoms with Crippen molar-refractivity contribution in [3.05, 3.63) is 52.8 Å². The molecule has 2 aromatic rings. The average Bonchev–Trinajstić information content (AvgIpc) is 2.34. The number of anilines is 1. The Balaban J connectivity index is 2.34. The highest BCUT2D eigenvalue weighted by atomic mass is 79.9. The molecule has 0 fully saturated rings. The molecule has 0 atom stereocenters. The summed E-state index contributed by atoms with van der Waals surface area (Å²) in [5.74, 6) is 0. The molecule has 0 aliphatic rings. The van der Waals surface area contributed by atoms with Gasteiger partial charge in [-0.15, -0.1) is 0 Å². The number of aromatic nitrogens is 1. The van der Waals surface area contributed by atoms with Crippen LogP contribution in [0.25, 0.3) is 0 Å². The summed E-state index contributed by atoms with van der Waals surface area (Å²) in [5, 5.41) is 0. The van der Waals surface area contributed by atoms with Gasteiger partial charge in [-0.1, -0.05) is 6.07 Å². The van der Waals surface area contributed by atoms with Crippen LogP contribution in [-0.2, 0) is 10.0 Å². The van der Waals surface area contributed by atoms with Crippen molar-refractivity contribution in [1.82, 2.24) is 4.98 Å². The van der Waals surface area contributed by atoms with Crippen LogP contribution in [0.3, 0.4) is 0 Å². The van der Waals surface area contributed by atoms with Gasteiger partial charge in [-0.25, -0.2) is 8.42 Å². The molecule has 0 aliphatic carbocycles. The zero-order valence-corrected chi connectivity index (χ0v) is 12.0. The summed E-state index contributed by atoms with van der Waals surface area (Å²) in [5.41, 5.74) is 1.55. The monoisotopic (exact) mass is 326 g/mol. The second kappa shape index (κ2) is 5.07. The van der Waals surface area contributed by atoms with Crippen molar-refractivity contribution in [2.24, 2.45) is 0 Å². The Morgan fingerprint density at radius 2 is 2.06 bits per heavy atom. The van der Waals surface area contributed by atoms with Crippen molar-refractivity contribution in [1.29, 1.82) is 0 Å². The van der Waals surface area contributed by atoms with Gasteiger partial charge in [0.1, 0.15) is 4.90 Å². The quantitative estimate of drug-likeness (QED) is 0.943. The van der Waals surface area contributed by atoms with E-state index in [9.17, 15) is 8.42 Å². The lowest BCUT2D eigenvalue weighted by Crippen LogP contribution is -2.13. The number of nitrogens with zero attached hydrogens (tertiary/aromatic N) is 1. The molecule has 4 nitrogen and oxygen atoms in total. The fraction of sp³-hybridized carbons (Fsp3) is 0.0833. The van der Waals surface area contributed by atoms with Crippen LogP contribution >= 0.6 is 15.9 Å². The summed E-state index contributed by atoms with van der Waals surface area (Å²) in [6, 6.07) is 8.48. The van der Waals surface area contributed by atoms with E-state index >= 15 is 0 Å². The molecule has 0 aliphatic heterocycles.